The van der Waals surface area contributed by atoms with Crippen molar-refractivity contribution in [3.8, 4) is 0 Å². The molecule has 15 heavy (non-hydrogen) atoms. The Labute approximate surface area is 94.4 Å². The Bertz CT molecular complexity index is 328. The average Bonchev–Trinajstić information content (AvgIpc) is 2.17. The fourth-order valence-corrected chi connectivity index (χ4v) is 2.07. The van der Waals surface area contributed by atoms with E-state index in [1.165, 1.54) is 11.6 Å². The Morgan fingerprint density at radius 1 is 1.00 bits per heavy atom. The van der Waals surface area contributed by atoms with Crippen molar-refractivity contribution >= 4 is 14.1 Å². The van der Waals surface area contributed by atoms with E-state index in [1.807, 2.05) is 6.07 Å². The van der Waals surface area contributed by atoms with Crippen LogP contribution in [0.25, 0.3) is 6.08 Å². The van der Waals surface area contributed by atoms with Crippen LogP contribution in [0.1, 0.15) is 5.56 Å². The van der Waals surface area contributed by atoms with Crippen LogP contribution in [-0.2, 0) is 0 Å². The summed E-state index contributed by atoms with van der Waals surface area (Å²) in [5.41, 5.74) is 1.26. The topological polar surface area (TPSA) is 0 Å². The smallest absolute Gasteiger partial charge is 0.0480 e. The summed E-state index contributed by atoms with van der Waals surface area (Å²) >= 11 is 0. The normalized spacial score (nSPS) is 12.7. The summed E-state index contributed by atoms with van der Waals surface area (Å²) in [6.07, 6.45) is 8.70. The minimum absolute atomic E-state index is 0.907. The zero-order valence-electron chi connectivity index (χ0n) is 9.90. The Hall–Kier alpha value is -1.08. The van der Waals surface area contributed by atoms with Crippen molar-refractivity contribution in [2.75, 3.05) is 0 Å². The monoisotopic (exact) mass is 216 g/mol. The minimum Gasteiger partial charge on any atom is -0.0872 e. The molecule has 0 bridgehead atoms. The molecule has 0 N–H and O–H groups in total. The molecule has 0 unspecified atom stereocenters. The van der Waals surface area contributed by atoms with Crippen molar-refractivity contribution in [3.63, 3.8) is 0 Å². The van der Waals surface area contributed by atoms with Crippen molar-refractivity contribution in [2.24, 2.45) is 0 Å². The first kappa shape index (κ1) is 12.0. The van der Waals surface area contributed by atoms with Crippen LogP contribution in [0.3, 0.4) is 0 Å². The summed E-state index contributed by atoms with van der Waals surface area (Å²) in [5, 5.41) is 0. The van der Waals surface area contributed by atoms with E-state index >= 15 is 0 Å². The molecule has 1 rings (SSSR count). The third-order valence-electron chi connectivity index (χ3n) is 2.07. The highest BCUT2D eigenvalue weighted by atomic mass is 28.3. The van der Waals surface area contributed by atoms with Crippen LogP contribution < -0.4 is 0 Å². The van der Waals surface area contributed by atoms with E-state index in [4.69, 9.17) is 0 Å². The van der Waals surface area contributed by atoms with Crippen LogP contribution >= 0.6 is 0 Å². The highest BCUT2D eigenvalue weighted by Crippen LogP contribution is 2.08. The van der Waals surface area contributed by atoms with Crippen molar-refractivity contribution in [2.45, 2.75) is 25.7 Å². The van der Waals surface area contributed by atoms with Gasteiger partial charge in [0, 0.05) is 8.07 Å². The van der Waals surface area contributed by atoms with Crippen LogP contribution in [0.15, 0.2) is 48.6 Å². The van der Waals surface area contributed by atoms with E-state index in [-0.39, 0.29) is 0 Å². The van der Waals surface area contributed by atoms with Gasteiger partial charge in [-0.3, -0.25) is 0 Å². The van der Waals surface area contributed by atoms with Crippen LogP contribution in [-0.4, -0.2) is 8.07 Å². The van der Waals surface area contributed by atoms with E-state index in [0.717, 1.165) is 0 Å². The van der Waals surface area contributed by atoms with Gasteiger partial charge in [-0.1, -0.05) is 74.3 Å². The molecule has 1 heteroatoms. The van der Waals surface area contributed by atoms with Gasteiger partial charge in [-0.15, -0.1) is 0 Å². The summed E-state index contributed by atoms with van der Waals surface area (Å²) in [5.74, 6) is 0. The maximum absolute atomic E-state index is 2.39. The lowest BCUT2D eigenvalue weighted by molar-refractivity contribution is 1.51. The second kappa shape index (κ2) is 5.71. The number of allylic oxidation sites excluding steroid dienone is 3. The molecule has 0 aliphatic carbocycles. The molecule has 0 spiro atoms. The third-order valence-corrected chi connectivity index (χ3v) is 3.53. The lowest BCUT2D eigenvalue weighted by Gasteiger charge is -2.10. The molecule has 0 aliphatic rings. The number of rotatable bonds is 4. The van der Waals surface area contributed by atoms with Crippen molar-refractivity contribution in [3.05, 3.63) is 54.1 Å². The van der Waals surface area contributed by atoms with Gasteiger partial charge in [0.15, 0.2) is 0 Å². The predicted molar refractivity (Wildman–Crippen MR) is 72.8 cm³/mol. The molecule has 0 saturated heterocycles. The van der Waals surface area contributed by atoms with Gasteiger partial charge in [0.05, 0.1) is 0 Å². The SMILES string of the molecule is C[Si](C)(C)C/C=C\C=C\c1ccccc1. The van der Waals surface area contributed by atoms with Crippen molar-refractivity contribution in [1.82, 2.24) is 0 Å². The first-order valence-corrected chi connectivity index (χ1v) is 9.17. The zero-order valence-corrected chi connectivity index (χ0v) is 10.9. The molecule has 0 nitrogen and oxygen atoms in total. The highest BCUT2D eigenvalue weighted by molar-refractivity contribution is 6.76. The lowest BCUT2D eigenvalue weighted by atomic mass is 10.2. The summed E-state index contributed by atoms with van der Waals surface area (Å²) in [7, 11) is -0.907. The van der Waals surface area contributed by atoms with Crippen molar-refractivity contribution < 1.29 is 0 Å². The summed E-state index contributed by atoms with van der Waals surface area (Å²) in [6.45, 7) is 7.16. The maximum Gasteiger partial charge on any atom is 0.0480 e. The molecule has 80 valence electrons. The second-order valence-corrected chi connectivity index (χ2v) is 10.5. The molecule has 0 radical (unpaired) electrons. The van der Waals surface area contributed by atoms with Gasteiger partial charge in [-0.05, 0) is 11.6 Å². The van der Waals surface area contributed by atoms with Crippen LogP contribution in [0, 0.1) is 0 Å². The quantitative estimate of drug-likeness (QED) is 0.510. The van der Waals surface area contributed by atoms with E-state index in [9.17, 15) is 0 Å². The fraction of sp³-hybridized carbons (Fsp3) is 0.286. The number of hydrogen-bond acceptors (Lipinski definition) is 0. The van der Waals surface area contributed by atoms with Gasteiger partial charge in [0.25, 0.3) is 0 Å². The Balaban J connectivity index is 2.41. The molecule has 0 aromatic heterocycles. The molecule has 0 saturated carbocycles. The highest BCUT2D eigenvalue weighted by Gasteiger charge is 2.08. The summed E-state index contributed by atoms with van der Waals surface area (Å²) < 4.78 is 0. The van der Waals surface area contributed by atoms with Gasteiger partial charge in [-0.2, -0.15) is 0 Å². The predicted octanol–water partition coefficient (Wildman–Crippen LogP) is 4.59. The zero-order chi connectivity index (χ0) is 11.1. The van der Waals surface area contributed by atoms with E-state index in [2.05, 4.69) is 68.2 Å². The fourth-order valence-electron chi connectivity index (χ4n) is 1.23. The van der Waals surface area contributed by atoms with Crippen LogP contribution in [0.4, 0.5) is 0 Å². The summed E-state index contributed by atoms with van der Waals surface area (Å²) in [6, 6.07) is 11.6. The van der Waals surface area contributed by atoms with E-state index in [1.54, 1.807) is 0 Å². The standard InChI is InChI=1S/C14H20Si/c1-15(2,3)13-9-5-8-12-14-10-6-4-7-11-14/h4-12H,13H2,1-3H3/b9-5-,12-8+. The van der Waals surface area contributed by atoms with Gasteiger partial charge >= 0.3 is 0 Å². The minimum atomic E-state index is -0.907. The summed E-state index contributed by atoms with van der Waals surface area (Å²) in [4.78, 5) is 0. The van der Waals surface area contributed by atoms with Crippen LogP contribution in [0.2, 0.25) is 25.7 Å². The van der Waals surface area contributed by atoms with Crippen molar-refractivity contribution in [1.29, 1.82) is 0 Å². The Kier molecular flexibility index (Phi) is 4.57. The molecule has 0 amide bonds. The second-order valence-electron chi connectivity index (χ2n) is 4.96. The van der Waals surface area contributed by atoms with E-state index in [0.29, 0.717) is 0 Å². The molecular weight excluding hydrogens is 196 g/mol. The molecule has 1 aromatic carbocycles. The first-order chi connectivity index (χ1) is 7.08. The average molecular weight is 216 g/mol. The lowest BCUT2D eigenvalue weighted by Crippen LogP contribution is -2.17. The molecule has 0 fully saturated rings. The Morgan fingerprint density at radius 3 is 2.27 bits per heavy atom. The Morgan fingerprint density at radius 2 is 1.67 bits per heavy atom. The molecule has 0 heterocycles. The number of benzene rings is 1. The molecule has 0 aliphatic heterocycles. The molecule has 0 atom stereocenters. The van der Waals surface area contributed by atoms with Gasteiger partial charge in [0.1, 0.15) is 0 Å². The molecular formula is C14H20Si. The maximum atomic E-state index is 2.39. The van der Waals surface area contributed by atoms with Gasteiger partial charge in [0.2, 0.25) is 0 Å². The van der Waals surface area contributed by atoms with E-state index < -0.39 is 8.07 Å². The molecule has 1 aromatic rings. The van der Waals surface area contributed by atoms with Gasteiger partial charge < -0.3 is 0 Å². The largest absolute Gasteiger partial charge is 0.0872 e. The van der Waals surface area contributed by atoms with Gasteiger partial charge in [-0.25, -0.2) is 0 Å². The van der Waals surface area contributed by atoms with Crippen LogP contribution in [0.5, 0.6) is 0 Å². The third kappa shape index (κ3) is 6.08. The first-order valence-electron chi connectivity index (χ1n) is 5.46. The number of hydrogen-bond donors (Lipinski definition) is 0.